The number of aromatic nitrogens is 2. The number of rotatable bonds is 4. The normalized spacial score (nSPS) is 29.2. The van der Waals surface area contributed by atoms with Gasteiger partial charge in [-0.2, -0.15) is 5.10 Å². The number of hydrogen-bond donors (Lipinski definition) is 1. The van der Waals surface area contributed by atoms with Gasteiger partial charge in [-0.1, -0.05) is 30.3 Å². The van der Waals surface area contributed by atoms with E-state index in [1.165, 1.54) is 17.7 Å². The predicted octanol–water partition coefficient (Wildman–Crippen LogP) is 2.63. The second kappa shape index (κ2) is 6.23. The first-order valence-electron chi connectivity index (χ1n) is 8.24. The summed E-state index contributed by atoms with van der Waals surface area (Å²) in [5.74, 6) is 1.76. The van der Waals surface area contributed by atoms with E-state index in [1.54, 1.807) is 0 Å². The molecular formula is C18H23N3O. The summed E-state index contributed by atoms with van der Waals surface area (Å²) < 4.78 is 5.54. The van der Waals surface area contributed by atoms with Crippen LogP contribution in [0.2, 0.25) is 0 Å². The molecule has 3 heterocycles. The first kappa shape index (κ1) is 14.0. The summed E-state index contributed by atoms with van der Waals surface area (Å²) >= 11 is 0. The number of nitrogens with one attached hydrogen (secondary N) is 1. The van der Waals surface area contributed by atoms with Crippen molar-refractivity contribution in [2.24, 2.45) is 5.92 Å². The van der Waals surface area contributed by atoms with Gasteiger partial charge in [-0.25, -0.2) is 0 Å². The molecule has 2 fully saturated rings. The van der Waals surface area contributed by atoms with Crippen LogP contribution in [0.1, 0.15) is 29.5 Å². The minimum atomic E-state index is 0.507. The van der Waals surface area contributed by atoms with Crippen molar-refractivity contribution in [3.63, 3.8) is 0 Å². The standard InChI is InChI=1S/C18H23N3O/c1-2-4-15(5-3-1)16-11-21(10-14-7-9-22-13-14)12-17(16)18-6-8-19-20-18/h1-6,8,14,16-17H,7,9-13H2,(H,19,20)/t14?,16-,17+/m0/s1. The molecule has 0 saturated carbocycles. The van der Waals surface area contributed by atoms with Crippen molar-refractivity contribution in [3.05, 3.63) is 53.9 Å². The first-order chi connectivity index (χ1) is 10.9. The van der Waals surface area contributed by atoms with Crippen LogP contribution in [-0.2, 0) is 4.74 Å². The summed E-state index contributed by atoms with van der Waals surface area (Å²) in [5, 5.41) is 7.35. The maximum atomic E-state index is 5.54. The number of likely N-dealkylation sites (tertiary alicyclic amines) is 1. The lowest BCUT2D eigenvalue weighted by atomic mass is 9.87. The summed E-state index contributed by atoms with van der Waals surface area (Å²) in [6.07, 6.45) is 3.08. The topological polar surface area (TPSA) is 41.1 Å². The molecule has 4 rings (SSSR count). The van der Waals surface area contributed by atoms with Crippen LogP contribution in [0.5, 0.6) is 0 Å². The number of H-pyrrole nitrogens is 1. The minimum Gasteiger partial charge on any atom is -0.381 e. The van der Waals surface area contributed by atoms with E-state index in [0.29, 0.717) is 17.8 Å². The van der Waals surface area contributed by atoms with Crippen LogP contribution in [-0.4, -0.2) is 47.9 Å². The van der Waals surface area contributed by atoms with Crippen molar-refractivity contribution in [1.82, 2.24) is 15.1 Å². The minimum absolute atomic E-state index is 0.507. The Morgan fingerprint density at radius 1 is 1.14 bits per heavy atom. The molecule has 0 aliphatic carbocycles. The van der Waals surface area contributed by atoms with Crippen LogP contribution in [0.25, 0.3) is 0 Å². The molecule has 22 heavy (non-hydrogen) atoms. The molecule has 2 aliphatic heterocycles. The van der Waals surface area contributed by atoms with Gasteiger partial charge in [-0.15, -0.1) is 0 Å². The van der Waals surface area contributed by atoms with Gasteiger partial charge >= 0.3 is 0 Å². The van der Waals surface area contributed by atoms with E-state index in [2.05, 4.69) is 51.5 Å². The molecule has 2 saturated heterocycles. The fraction of sp³-hybridized carbons (Fsp3) is 0.500. The molecule has 2 aliphatic rings. The van der Waals surface area contributed by atoms with E-state index in [4.69, 9.17) is 4.74 Å². The smallest absolute Gasteiger partial charge is 0.0507 e. The van der Waals surface area contributed by atoms with Crippen LogP contribution in [0, 0.1) is 5.92 Å². The SMILES string of the molecule is c1ccc([C@@H]2CN(CC3CCOC3)C[C@H]2c2ccn[nH]2)cc1. The fourth-order valence-corrected chi connectivity index (χ4v) is 3.95. The van der Waals surface area contributed by atoms with Gasteiger partial charge in [-0.05, 0) is 24.0 Å². The van der Waals surface area contributed by atoms with Crippen LogP contribution in [0.4, 0.5) is 0 Å². The van der Waals surface area contributed by atoms with Crippen LogP contribution in [0.15, 0.2) is 42.6 Å². The second-order valence-electron chi connectivity index (χ2n) is 6.58. The Hall–Kier alpha value is -1.65. The van der Waals surface area contributed by atoms with Crippen molar-refractivity contribution in [2.45, 2.75) is 18.3 Å². The number of benzene rings is 1. The zero-order valence-corrected chi connectivity index (χ0v) is 12.8. The van der Waals surface area contributed by atoms with Crippen molar-refractivity contribution in [2.75, 3.05) is 32.8 Å². The third kappa shape index (κ3) is 2.81. The lowest BCUT2D eigenvalue weighted by molar-refractivity contribution is 0.173. The van der Waals surface area contributed by atoms with Gasteiger partial charge in [0.1, 0.15) is 0 Å². The molecule has 116 valence electrons. The van der Waals surface area contributed by atoms with E-state index in [0.717, 1.165) is 32.8 Å². The largest absolute Gasteiger partial charge is 0.381 e. The van der Waals surface area contributed by atoms with Gasteiger partial charge in [-0.3, -0.25) is 5.10 Å². The molecule has 0 bridgehead atoms. The zero-order chi connectivity index (χ0) is 14.8. The third-order valence-electron chi connectivity index (χ3n) is 5.09. The Labute approximate surface area is 131 Å². The summed E-state index contributed by atoms with van der Waals surface area (Å²) in [6, 6.07) is 13.0. The molecule has 1 N–H and O–H groups in total. The zero-order valence-electron chi connectivity index (χ0n) is 12.8. The molecule has 1 aromatic heterocycles. The maximum absolute atomic E-state index is 5.54. The lowest BCUT2D eigenvalue weighted by Gasteiger charge is -2.19. The average Bonchev–Trinajstić information content (AvgIpc) is 3.30. The second-order valence-corrected chi connectivity index (χ2v) is 6.58. The molecule has 0 radical (unpaired) electrons. The Balaban J connectivity index is 1.54. The van der Waals surface area contributed by atoms with Crippen molar-refractivity contribution < 1.29 is 4.74 Å². The summed E-state index contributed by atoms with van der Waals surface area (Å²) in [4.78, 5) is 2.61. The monoisotopic (exact) mass is 297 g/mol. The third-order valence-corrected chi connectivity index (χ3v) is 5.09. The molecule has 1 unspecified atom stereocenters. The predicted molar refractivity (Wildman–Crippen MR) is 85.9 cm³/mol. The number of hydrogen-bond acceptors (Lipinski definition) is 3. The molecule has 2 aromatic rings. The van der Waals surface area contributed by atoms with Gasteiger partial charge < -0.3 is 9.64 Å². The van der Waals surface area contributed by atoms with E-state index in [9.17, 15) is 0 Å². The Kier molecular flexibility index (Phi) is 3.95. The van der Waals surface area contributed by atoms with Crippen LogP contribution < -0.4 is 0 Å². The maximum Gasteiger partial charge on any atom is 0.0507 e. The van der Waals surface area contributed by atoms with E-state index >= 15 is 0 Å². The molecule has 4 heteroatoms. The Morgan fingerprint density at radius 2 is 2.00 bits per heavy atom. The van der Waals surface area contributed by atoms with E-state index in [-0.39, 0.29) is 0 Å². The number of nitrogens with zero attached hydrogens (tertiary/aromatic N) is 2. The highest BCUT2D eigenvalue weighted by Gasteiger charge is 2.36. The molecule has 0 amide bonds. The fourth-order valence-electron chi connectivity index (χ4n) is 3.95. The first-order valence-corrected chi connectivity index (χ1v) is 8.24. The van der Waals surface area contributed by atoms with Crippen molar-refractivity contribution in [1.29, 1.82) is 0 Å². The highest BCUT2D eigenvalue weighted by atomic mass is 16.5. The van der Waals surface area contributed by atoms with Gasteiger partial charge in [0.15, 0.2) is 0 Å². The highest BCUT2D eigenvalue weighted by molar-refractivity contribution is 5.27. The van der Waals surface area contributed by atoms with Crippen LogP contribution >= 0.6 is 0 Å². The van der Waals surface area contributed by atoms with Gasteiger partial charge in [0, 0.05) is 50.0 Å². The average molecular weight is 297 g/mol. The number of ether oxygens (including phenoxy) is 1. The van der Waals surface area contributed by atoms with E-state index < -0.39 is 0 Å². The highest BCUT2D eigenvalue weighted by Crippen LogP contribution is 2.39. The number of aromatic amines is 1. The van der Waals surface area contributed by atoms with Crippen molar-refractivity contribution >= 4 is 0 Å². The van der Waals surface area contributed by atoms with E-state index in [1.807, 2.05) is 6.20 Å². The van der Waals surface area contributed by atoms with Gasteiger partial charge in [0.2, 0.25) is 0 Å². The Bertz CT molecular complexity index is 578. The molecule has 1 aromatic carbocycles. The molecule has 3 atom stereocenters. The molecule has 0 spiro atoms. The molecule has 4 nitrogen and oxygen atoms in total. The summed E-state index contributed by atoms with van der Waals surface area (Å²) in [6.45, 7) is 5.27. The van der Waals surface area contributed by atoms with Gasteiger partial charge in [0.05, 0.1) is 6.61 Å². The van der Waals surface area contributed by atoms with Gasteiger partial charge in [0.25, 0.3) is 0 Å². The quantitative estimate of drug-likeness (QED) is 0.943. The van der Waals surface area contributed by atoms with Crippen LogP contribution in [0.3, 0.4) is 0 Å². The summed E-state index contributed by atoms with van der Waals surface area (Å²) in [7, 11) is 0. The lowest BCUT2D eigenvalue weighted by Crippen LogP contribution is -2.28. The molecular weight excluding hydrogens is 274 g/mol. The Morgan fingerprint density at radius 3 is 2.73 bits per heavy atom. The summed E-state index contributed by atoms with van der Waals surface area (Å²) in [5.41, 5.74) is 2.70. The van der Waals surface area contributed by atoms with Crippen molar-refractivity contribution in [3.8, 4) is 0 Å².